The SMILES string of the molecule is O=C(O)c1ccc(Oc2nc(Oc3ccc(CNc4nc(NCc5ccc(Oc6nc(Oc7ccc(C(=O)O)cc7)nc(Oc7ccc(C(=O)O)cc7)n6)cc5)nc(NCc5ccc(Oc6nc(Oc7ccc(C(=O)O)cc7)nc(Oc7ccc(C(=O)O)cc7)n6)cc5)n4)cc3)nc(Oc3ccc(C(=O)O)cc3)n2)cc1. The summed E-state index contributed by atoms with van der Waals surface area (Å²) in [7, 11) is 0. The maximum absolute atomic E-state index is 11.5. The van der Waals surface area contributed by atoms with E-state index in [-0.39, 0.29) is 177 Å². The lowest BCUT2D eigenvalue weighted by Gasteiger charge is -2.13. The van der Waals surface area contributed by atoms with Crippen molar-refractivity contribution in [1.29, 1.82) is 0 Å². The molecule has 13 aromatic rings. The van der Waals surface area contributed by atoms with Crippen molar-refractivity contribution in [2.24, 2.45) is 0 Å². The Balaban J connectivity index is 0.717. The molecule has 0 radical (unpaired) electrons. The molecule has 4 aromatic heterocycles. The number of carboxylic acids is 6. The van der Waals surface area contributed by atoms with Gasteiger partial charge in [-0.25, -0.2) is 28.8 Å². The summed E-state index contributed by atoms with van der Waals surface area (Å²) in [5.41, 5.74) is 2.25. The molecule has 36 nitrogen and oxygen atoms in total. The van der Waals surface area contributed by atoms with Gasteiger partial charge in [-0.1, -0.05) is 36.4 Å². The number of carboxylic acid groups (broad SMARTS) is 6. The maximum Gasteiger partial charge on any atom is 0.335 e. The largest absolute Gasteiger partial charge is 0.478 e. The Kier molecular flexibility index (Phi) is 21.9. The average Bonchev–Trinajstić information content (AvgIpc) is 0.835. The number of benzene rings is 9. The zero-order valence-electron chi connectivity index (χ0n) is 56.6. The summed E-state index contributed by atoms with van der Waals surface area (Å²) in [5.74, 6) is -4.58. The first-order valence-electron chi connectivity index (χ1n) is 32.4. The molecule has 111 heavy (non-hydrogen) atoms. The van der Waals surface area contributed by atoms with E-state index in [9.17, 15) is 59.4 Å². The molecule has 0 bridgehead atoms. The molecule has 0 aliphatic rings. The van der Waals surface area contributed by atoms with Gasteiger partial charge in [0.05, 0.1) is 33.4 Å². The van der Waals surface area contributed by atoms with Crippen molar-refractivity contribution in [2.45, 2.75) is 19.6 Å². The molecule has 9 N–H and O–H groups in total. The van der Waals surface area contributed by atoms with Gasteiger partial charge in [-0.2, -0.15) is 15.0 Å². The second-order valence-corrected chi connectivity index (χ2v) is 22.7. The quantitative estimate of drug-likeness (QED) is 0.0184. The minimum atomic E-state index is -1.14. The molecule has 0 atom stereocenters. The summed E-state index contributed by atoms with van der Waals surface area (Å²) in [5, 5.41) is 66.1. The van der Waals surface area contributed by atoms with E-state index < -0.39 is 35.8 Å². The molecule has 0 saturated heterocycles. The second kappa shape index (κ2) is 33.5. The first kappa shape index (κ1) is 72.8. The topological polar surface area (TPSA) is 498 Å². The molecule has 0 fully saturated rings. The number of aromatic carboxylic acids is 6. The summed E-state index contributed by atoms with van der Waals surface area (Å²) < 4.78 is 53.2. The van der Waals surface area contributed by atoms with Gasteiger partial charge in [-0.3, -0.25) is 0 Å². The monoisotopic (exact) mass is 1500 g/mol. The molecule has 0 spiro atoms. The fourth-order valence-electron chi connectivity index (χ4n) is 9.50. The molecule has 0 aliphatic carbocycles. The van der Waals surface area contributed by atoms with Crippen LogP contribution in [0.4, 0.5) is 17.8 Å². The maximum atomic E-state index is 11.5. The Morgan fingerprint density at radius 1 is 0.198 bits per heavy atom. The third-order valence-electron chi connectivity index (χ3n) is 15.0. The highest BCUT2D eigenvalue weighted by molar-refractivity contribution is 5.90. The van der Waals surface area contributed by atoms with Crippen LogP contribution in [-0.2, 0) is 19.6 Å². The molecule has 0 aliphatic heterocycles. The van der Waals surface area contributed by atoms with Crippen LogP contribution in [0.2, 0.25) is 0 Å². The third-order valence-corrected chi connectivity index (χ3v) is 15.0. The Hall–Kier alpha value is -16.6. The molecular formula is C75H51N15O21. The fraction of sp³-hybridized carbons (Fsp3) is 0.0400. The van der Waals surface area contributed by atoms with E-state index in [1.54, 1.807) is 72.8 Å². The van der Waals surface area contributed by atoms with Crippen molar-refractivity contribution < 1.29 is 102 Å². The molecule has 0 saturated carbocycles. The zero-order chi connectivity index (χ0) is 77.3. The third kappa shape index (κ3) is 20.2. The summed E-state index contributed by atoms with van der Waals surface area (Å²) in [6, 6.07) is 50.6. The van der Waals surface area contributed by atoms with Crippen LogP contribution in [-0.4, -0.2) is 126 Å². The van der Waals surface area contributed by atoms with Gasteiger partial charge in [0.1, 0.15) is 51.7 Å². The lowest BCUT2D eigenvalue weighted by atomic mass is 10.2. The summed E-state index contributed by atoms with van der Waals surface area (Å²) in [6.45, 7) is 0.499. The molecule has 36 heteroatoms. The van der Waals surface area contributed by atoms with Crippen LogP contribution in [0.3, 0.4) is 0 Å². The van der Waals surface area contributed by atoms with Gasteiger partial charge >= 0.3 is 89.9 Å². The number of carbonyl (C=O) groups is 6. The van der Waals surface area contributed by atoms with Gasteiger partial charge in [-0.15, -0.1) is 44.9 Å². The van der Waals surface area contributed by atoms with Crippen LogP contribution in [0.5, 0.6) is 106 Å². The van der Waals surface area contributed by atoms with Crippen LogP contribution >= 0.6 is 0 Å². The van der Waals surface area contributed by atoms with Gasteiger partial charge in [0.25, 0.3) is 0 Å². The van der Waals surface area contributed by atoms with E-state index in [0.717, 1.165) is 16.7 Å². The van der Waals surface area contributed by atoms with Crippen molar-refractivity contribution in [3.63, 3.8) is 0 Å². The molecule has 0 amide bonds. The van der Waals surface area contributed by atoms with Crippen molar-refractivity contribution >= 4 is 53.7 Å². The van der Waals surface area contributed by atoms with Gasteiger partial charge in [0.2, 0.25) is 17.8 Å². The van der Waals surface area contributed by atoms with E-state index in [0.29, 0.717) is 0 Å². The van der Waals surface area contributed by atoms with Gasteiger partial charge in [-0.05, 0) is 199 Å². The first-order chi connectivity index (χ1) is 53.7. The summed E-state index contributed by atoms with van der Waals surface area (Å²) in [4.78, 5) is 121. The van der Waals surface area contributed by atoms with Gasteiger partial charge in [0, 0.05) is 19.6 Å². The number of nitrogens with zero attached hydrogens (tertiary/aromatic N) is 12. The lowest BCUT2D eigenvalue weighted by molar-refractivity contribution is 0.0686. The van der Waals surface area contributed by atoms with E-state index in [4.69, 9.17) is 42.6 Å². The van der Waals surface area contributed by atoms with Crippen molar-refractivity contribution in [3.8, 4) is 106 Å². The molecule has 552 valence electrons. The molecule has 4 heterocycles. The average molecular weight is 1500 g/mol. The van der Waals surface area contributed by atoms with Crippen molar-refractivity contribution in [3.05, 3.63) is 268 Å². The highest BCUT2D eigenvalue weighted by Gasteiger charge is 2.20. The van der Waals surface area contributed by atoms with Gasteiger partial charge in [0.15, 0.2) is 0 Å². The normalized spacial score (nSPS) is 10.7. The molecule has 9 aromatic carbocycles. The van der Waals surface area contributed by atoms with E-state index >= 15 is 0 Å². The van der Waals surface area contributed by atoms with E-state index in [2.05, 4.69) is 75.8 Å². The Labute approximate surface area is 622 Å². The zero-order valence-corrected chi connectivity index (χ0v) is 56.6. The highest BCUT2D eigenvalue weighted by Crippen LogP contribution is 2.33. The molecule has 13 rings (SSSR count). The number of hydrogen-bond donors (Lipinski definition) is 9. The highest BCUT2D eigenvalue weighted by atomic mass is 16.6. The lowest BCUT2D eigenvalue weighted by Crippen LogP contribution is -2.12. The predicted molar refractivity (Wildman–Crippen MR) is 382 cm³/mol. The van der Waals surface area contributed by atoms with Crippen molar-refractivity contribution in [1.82, 2.24) is 59.8 Å². The van der Waals surface area contributed by atoms with Gasteiger partial charge < -0.3 is 89.2 Å². The Morgan fingerprint density at radius 2 is 0.324 bits per heavy atom. The number of rotatable bonds is 33. The summed E-state index contributed by atoms with van der Waals surface area (Å²) >= 11 is 0. The summed E-state index contributed by atoms with van der Waals surface area (Å²) in [6.07, 6.45) is 0. The Morgan fingerprint density at radius 3 is 0.450 bits per heavy atom. The molecular weight excluding hydrogens is 1450 g/mol. The second-order valence-electron chi connectivity index (χ2n) is 22.7. The number of hydrogen-bond acceptors (Lipinski definition) is 30. The van der Waals surface area contributed by atoms with Crippen LogP contribution in [0.25, 0.3) is 0 Å². The van der Waals surface area contributed by atoms with Crippen LogP contribution < -0.4 is 58.6 Å². The van der Waals surface area contributed by atoms with Crippen molar-refractivity contribution in [2.75, 3.05) is 16.0 Å². The minimum absolute atomic E-state index is 0.0123. The van der Waals surface area contributed by atoms with Crippen LogP contribution in [0.1, 0.15) is 78.8 Å². The van der Waals surface area contributed by atoms with Crippen LogP contribution in [0, 0.1) is 0 Å². The number of anilines is 3. The number of ether oxygens (including phenoxy) is 9. The molecule has 0 unspecified atom stereocenters. The Bertz CT molecular complexity index is 4780. The fourth-order valence-corrected chi connectivity index (χ4v) is 9.50. The van der Waals surface area contributed by atoms with E-state index in [1.165, 1.54) is 146 Å². The standard InChI is InChI=1S/C75H51N15O21/c91-58(92)43-7-25-52(26-8-43)106-70-82-67(83-71(88-70)107-53-27-9-44(10-28-53)59(93)94)103-49-19-1-40(2-20-49)37-76-64-79-65(77-38-41-3-21-50(22-4-41)104-68-84-72(108-54-29-11-45(12-30-54)60(95)96)89-73(85-68)109-55-31-13-46(14-32-55)61(97)98)81-66(80-64)78-39-42-5-23-51(24-6-42)105-69-86-74(110-56-33-15-47(16-34-56)62(99)100)90-75(87-69)111-57-35-17-48(18-36-57)63(101)102/h1-36H,37-39H2,(H,91,92)(H,93,94)(H,95,96)(H,97,98)(H,99,100)(H,101,102)(H3,76,77,78,79,80,81). The van der Waals surface area contributed by atoms with E-state index in [1.807, 2.05) is 0 Å². The van der Waals surface area contributed by atoms with Crippen LogP contribution in [0.15, 0.2) is 218 Å². The smallest absolute Gasteiger partial charge is 0.335 e. The predicted octanol–water partition coefficient (Wildman–Crippen LogP) is 13.6. The number of nitrogens with one attached hydrogen (secondary N) is 3. The minimum Gasteiger partial charge on any atom is -0.478 e. The first-order valence-corrected chi connectivity index (χ1v) is 32.4. The number of aromatic nitrogens is 12.